The molecule has 3 aromatic carbocycles. The molecular weight excluding hydrogens is 1360 g/mol. The summed E-state index contributed by atoms with van der Waals surface area (Å²) >= 11 is 0. The van der Waals surface area contributed by atoms with E-state index in [1.54, 1.807) is 62.3 Å². The van der Waals surface area contributed by atoms with Crippen LogP contribution in [-0.4, -0.2) is 191 Å². The van der Waals surface area contributed by atoms with E-state index >= 15 is 9.59 Å². The summed E-state index contributed by atoms with van der Waals surface area (Å²) in [5, 5.41) is 16.3. The molecule has 0 radical (unpaired) electrons. The number of Topliss-reactive ketones (excluding diaryl/α,β-unsaturated/α-hetero) is 2. The maximum absolute atomic E-state index is 15.2. The molecule has 4 fully saturated rings. The van der Waals surface area contributed by atoms with Crippen LogP contribution in [0.15, 0.2) is 82.0 Å². The van der Waals surface area contributed by atoms with Crippen LogP contribution in [0.1, 0.15) is 140 Å². The van der Waals surface area contributed by atoms with Crippen molar-refractivity contribution < 1.29 is 76.2 Å². The van der Waals surface area contributed by atoms with E-state index in [9.17, 15) is 57.5 Å². The first-order chi connectivity index (χ1) is 49.9. The highest BCUT2D eigenvalue weighted by Gasteiger charge is 2.48. The fourth-order valence-electron chi connectivity index (χ4n) is 14.5. The van der Waals surface area contributed by atoms with Crippen LogP contribution < -0.4 is 43.1 Å². The van der Waals surface area contributed by atoms with Gasteiger partial charge in [-0.25, -0.2) is 19.4 Å². The molecule has 0 aromatic heterocycles. The van der Waals surface area contributed by atoms with Gasteiger partial charge in [-0.1, -0.05) is 111 Å². The summed E-state index contributed by atoms with van der Waals surface area (Å²) < 4.78 is 18.3. The number of amides is 10. The van der Waals surface area contributed by atoms with Crippen LogP contribution in [-0.2, 0) is 57.4 Å². The predicted molar refractivity (Wildman–Crippen MR) is 393 cm³/mol. The number of likely N-dealkylation sites (N-methyl/N-ethyl adjacent to an activating group) is 4. The quantitative estimate of drug-likeness (QED) is 0.0475. The lowest BCUT2D eigenvalue weighted by Gasteiger charge is -2.35. The van der Waals surface area contributed by atoms with Crippen LogP contribution in [0.3, 0.4) is 0 Å². The zero-order valence-electron chi connectivity index (χ0n) is 63.1. The number of ketones is 2. The fraction of sp³-hybridized carbons (Fsp3) is 0.519. The van der Waals surface area contributed by atoms with Gasteiger partial charge in [0.05, 0.1) is 42.0 Å². The summed E-state index contributed by atoms with van der Waals surface area (Å²) in [7, 11) is 5.66. The molecule has 3 aliphatic carbocycles. The zero-order valence-corrected chi connectivity index (χ0v) is 63.1. The van der Waals surface area contributed by atoms with Crippen LogP contribution >= 0.6 is 0 Å². The van der Waals surface area contributed by atoms with Crippen molar-refractivity contribution in [2.45, 2.75) is 170 Å². The summed E-state index contributed by atoms with van der Waals surface area (Å²) in [5.41, 5.74) is 5.22. The highest BCUT2D eigenvalue weighted by molar-refractivity contribution is 6.11. The molecule has 570 valence electrons. The van der Waals surface area contributed by atoms with Crippen LogP contribution in [0.5, 0.6) is 0 Å². The number of nitrogens with zero attached hydrogens (tertiary/aromatic N) is 5. The number of ether oxygens (including phenoxy) is 2. The molecule has 10 amide bonds. The Morgan fingerprint density at radius 3 is 1.36 bits per heavy atom. The van der Waals surface area contributed by atoms with Crippen LogP contribution in [0.4, 0.5) is 21.9 Å². The van der Waals surface area contributed by atoms with E-state index < -0.39 is 196 Å². The molecule has 12 unspecified atom stereocenters. The normalized spacial score (nSPS) is 25.1. The minimum atomic E-state index is -1.86. The van der Waals surface area contributed by atoms with Crippen molar-refractivity contribution in [1.82, 2.24) is 45.9 Å². The number of para-hydroxylation sites is 2. The second-order valence-corrected chi connectivity index (χ2v) is 29.6. The number of carbonyl (C=O) groups excluding carboxylic acids is 13. The molecule has 2 saturated carbocycles. The highest BCUT2D eigenvalue weighted by Crippen LogP contribution is 2.39. The maximum Gasteiger partial charge on any atom is 0.329 e. The Bertz CT molecular complexity index is 4170. The second kappa shape index (κ2) is 34.5. The number of cyclic esters (lactones) is 2. The van der Waals surface area contributed by atoms with Gasteiger partial charge in [0, 0.05) is 68.8 Å². The van der Waals surface area contributed by atoms with E-state index in [0.717, 1.165) is 21.2 Å². The number of urea groups is 1. The van der Waals surface area contributed by atoms with Gasteiger partial charge in [0.15, 0.2) is 22.9 Å². The first-order valence-corrected chi connectivity index (χ1v) is 36.0. The third-order valence-corrected chi connectivity index (χ3v) is 20.4. The topological polar surface area (TPSA) is 395 Å². The third-order valence-electron chi connectivity index (χ3n) is 20.4. The van der Waals surface area contributed by atoms with Crippen molar-refractivity contribution in [3.8, 4) is 11.5 Å². The van der Waals surface area contributed by atoms with Gasteiger partial charge >= 0.3 is 18.0 Å². The Morgan fingerprint density at radius 1 is 0.547 bits per heavy atom. The molecule has 3 aromatic rings. The lowest BCUT2D eigenvalue weighted by atomic mass is 9.83. The van der Waals surface area contributed by atoms with Gasteiger partial charge in [-0.15, -0.1) is 0 Å². The van der Waals surface area contributed by atoms with Gasteiger partial charge in [0.2, 0.25) is 40.9 Å². The molecule has 2 saturated heterocycles. The summed E-state index contributed by atoms with van der Waals surface area (Å²) in [6.45, 7) is 18.3. The number of carbonyl (C=O) groups is 13. The molecule has 6 aliphatic rings. The fourth-order valence-corrected chi connectivity index (χ4v) is 14.5. The number of hydrogen-bond acceptors (Lipinski definition) is 19. The van der Waals surface area contributed by atoms with Gasteiger partial charge in [-0.3, -0.25) is 52.7 Å². The van der Waals surface area contributed by atoms with Crippen molar-refractivity contribution in [3.05, 3.63) is 105 Å². The van der Waals surface area contributed by atoms with E-state index in [-0.39, 0.29) is 39.7 Å². The van der Waals surface area contributed by atoms with Crippen LogP contribution in [0.25, 0.3) is 22.6 Å². The highest BCUT2D eigenvalue weighted by atomic mass is 16.6. The van der Waals surface area contributed by atoms with Crippen LogP contribution in [0, 0.1) is 61.2 Å². The number of aromatic nitrogens is 1. The number of nitrogens with one attached hydrogen (secondary N) is 6. The molecule has 9 rings (SSSR count). The monoisotopic (exact) mass is 1460 g/mol. The van der Waals surface area contributed by atoms with Gasteiger partial charge in [-0.05, 0) is 113 Å². The maximum atomic E-state index is 15.2. The van der Waals surface area contributed by atoms with E-state index in [2.05, 4.69) is 31.9 Å². The third kappa shape index (κ3) is 18.0. The van der Waals surface area contributed by atoms with Gasteiger partial charge < -0.3 is 71.1 Å². The lowest BCUT2D eigenvalue weighted by Crippen LogP contribution is -2.59. The number of nitrogen functional groups attached to an aromatic ring is 1. The van der Waals surface area contributed by atoms with Gasteiger partial charge in [0.25, 0.3) is 11.8 Å². The van der Waals surface area contributed by atoms with Crippen molar-refractivity contribution in [1.29, 1.82) is 0 Å². The number of benzene rings is 4. The number of hydrogen-bond donors (Lipinski definition) is 7. The molecule has 3 heterocycles. The SMILES string of the molecule is Cc1c2oc3c(C)ccc(C(=O)NC4C(=O)NC(C(C)C)C(=O)C5CCCC5C(=O)N(C)CC(=O)N(C)C(C(C)C)C(=O)OC4C)c3nc-2c(C(=O)NC2C(=O)NC(C(C)C)C(=O)C3CCCC3C(=O)N(C)CC(=O)N(C)C(C(C)C)C(=O)OC2C)c(N)c1=O.O=C(Nc1ccccc1)Nc1ccccc1. The Labute approximate surface area is 616 Å². The molecule has 0 bridgehead atoms. The van der Waals surface area contributed by atoms with E-state index in [4.69, 9.17) is 24.6 Å². The van der Waals surface area contributed by atoms with E-state index in [0.29, 0.717) is 44.1 Å². The molecule has 12 atom stereocenters. The molecule has 29 heteroatoms. The number of rotatable bonds is 10. The summed E-state index contributed by atoms with van der Waals surface area (Å²) in [5.74, 6) is -14.9. The minimum absolute atomic E-state index is 0.0668. The first-order valence-electron chi connectivity index (χ1n) is 36.0. The molecule has 3 aliphatic heterocycles. The Kier molecular flexibility index (Phi) is 26.4. The van der Waals surface area contributed by atoms with E-state index in [1.807, 2.05) is 60.7 Å². The predicted octanol–water partition coefficient (Wildman–Crippen LogP) is 6.05. The summed E-state index contributed by atoms with van der Waals surface area (Å²) in [4.78, 5) is 209. The van der Waals surface area contributed by atoms with Crippen LogP contribution in [0.2, 0.25) is 0 Å². The first kappa shape index (κ1) is 81.1. The average molecular weight is 1470 g/mol. The van der Waals surface area contributed by atoms with Gasteiger partial charge in [-0.2, -0.15) is 0 Å². The molecule has 106 heavy (non-hydrogen) atoms. The van der Waals surface area contributed by atoms with Crippen molar-refractivity contribution >= 4 is 105 Å². The Morgan fingerprint density at radius 2 is 0.953 bits per heavy atom. The lowest BCUT2D eigenvalue weighted by molar-refractivity contribution is -0.163. The second-order valence-electron chi connectivity index (χ2n) is 29.6. The number of aryl methyl sites for hydroxylation is 1. The molecule has 8 N–H and O–H groups in total. The number of fused-ring (bicyclic) bond motifs is 4. The number of anilines is 3. The summed E-state index contributed by atoms with van der Waals surface area (Å²) in [6.07, 6.45) is -0.654. The molecule has 29 nitrogen and oxygen atoms in total. The average Bonchev–Trinajstić information content (AvgIpc) is 0.818. The molecular formula is C77H100N12O17. The smallest absolute Gasteiger partial charge is 0.329 e. The van der Waals surface area contributed by atoms with Gasteiger partial charge in [0.1, 0.15) is 47.6 Å². The minimum Gasteiger partial charge on any atom is -0.458 e. The van der Waals surface area contributed by atoms with E-state index in [1.165, 1.54) is 70.9 Å². The van der Waals surface area contributed by atoms with Crippen molar-refractivity contribution in [3.63, 3.8) is 0 Å². The number of nitrogens with two attached hydrogens (primary N) is 1. The standard InChI is InChI=1S/C64H88N10O16.C13H12N2O/c1-27(2)44-53(78)35-19-17-21-37(35)61(84)71(13)25-40(75)73(15)50(29(5)6)63(86)88-33(11)46(59(82)67-44)69-57(80)39-24-23-31(9)55-48(39)66-49-42(43(65)52(77)32(10)56(49)90-55)58(81)70-47-34(12)89-64(87)51(30(7)8)74(16)41(76)26-72(14)62(85)38-22-18-20-36(38)54(79)45(28(3)4)68-60(47)83;16-13(14-11-7-3-1-4-8-11)15-12-9-5-2-6-10-12/h23-24,27-30,33-38,44-47,50-51H,17-22,25-26,65H2,1-16H3,(H,67,82)(H,68,83)(H,69,80)(H,70,81);1-10H,(H2,14,15,16). The zero-order chi connectivity index (χ0) is 78.2. The van der Waals surface area contributed by atoms with Crippen molar-refractivity contribution in [2.24, 2.45) is 47.3 Å². The summed E-state index contributed by atoms with van der Waals surface area (Å²) in [6, 6.07) is 12.7. The Balaban J connectivity index is 0.000000777. The molecule has 0 spiro atoms. The Hall–Kier alpha value is -10.6. The largest absolute Gasteiger partial charge is 0.458 e. The number of esters is 2. The van der Waals surface area contributed by atoms with Crippen molar-refractivity contribution in [2.75, 3.05) is 57.6 Å².